The zero-order valence-electron chi connectivity index (χ0n) is 21.2. The number of nitrogens with zero attached hydrogens (tertiary/aromatic N) is 1. The molecule has 38 heavy (non-hydrogen) atoms. The minimum absolute atomic E-state index is 0.139. The molecule has 0 aliphatic carbocycles. The molecule has 2 aliphatic rings. The molecule has 2 aliphatic heterocycles. The van der Waals surface area contributed by atoms with Crippen molar-refractivity contribution in [1.82, 2.24) is 9.88 Å². The first-order valence-electron chi connectivity index (χ1n) is 12.7. The van der Waals surface area contributed by atoms with Crippen LogP contribution in [0.25, 0.3) is 10.9 Å². The van der Waals surface area contributed by atoms with Crippen LogP contribution in [0.5, 0.6) is 11.5 Å². The maximum Gasteiger partial charge on any atom is 0.210 e. The highest BCUT2D eigenvalue weighted by Crippen LogP contribution is 2.39. The fourth-order valence-corrected chi connectivity index (χ4v) is 5.33. The minimum Gasteiger partial charge on any atom is -0.497 e. The molecule has 1 fully saturated rings. The van der Waals surface area contributed by atoms with Gasteiger partial charge in [0.15, 0.2) is 0 Å². The zero-order chi connectivity index (χ0) is 26.5. The Morgan fingerprint density at radius 1 is 0.947 bits per heavy atom. The van der Waals surface area contributed by atoms with Gasteiger partial charge >= 0.3 is 0 Å². The number of rotatable bonds is 5. The molecule has 0 bridgehead atoms. The molecular weight excluding hydrogens is 523 g/mol. The molecule has 1 aromatic heterocycles. The first kappa shape index (κ1) is 26.4. The van der Waals surface area contributed by atoms with Gasteiger partial charge in [0.25, 0.3) is 0 Å². The van der Waals surface area contributed by atoms with Crippen LogP contribution >= 0.6 is 23.2 Å². The lowest BCUT2D eigenvalue weighted by Crippen LogP contribution is -2.35. The summed E-state index contributed by atoms with van der Waals surface area (Å²) in [5, 5.41) is 2.60. The standard InChI is InChI=1S/C23H23ClN2O3.C7H7ClO/c24-16-3-6-21-20(13-16)19-7-10-26(14-27)23(22(19)25-21)15-1-4-17(5-2-15)29-18-8-11-28-12-9-18;1-9-7-4-2-6(8)3-5-7/h1-6,13-14,18,23,25H,7-12H2;2-5H,1H3. The SMILES string of the molecule is COc1ccc(Cl)cc1.O=CN1CCc2c([nH]c3ccc(Cl)cc23)C1c1ccc(OC2CCOCC2)cc1. The number of hydrogen-bond acceptors (Lipinski definition) is 4. The molecule has 6 rings (SSSR count). The molecule has 4 aromatic rings. The molecule has 8 heteroatoms. The van der Waals surface area contributed by atoms with Crippen LogP contribution in [0.15, 0.2) is 66.7 Å². The first-order chi connectivity index (χ1) is 18.6. The lowest BCUT2D eigenvalue weighted by molar-refractivity contribution is -0.120. The molecule has 0 saturated carbocycles. The van der Waals surface area contributed by atoms with Crippen molar-refractivity contribution in [2.45, 2.75) is 31.4 Å². The normalized spacial score (nSPS) is 17.3. The van der Waals surface area contributed by atoms with Crippen LogP contribution in [0.1, 0.15) is 35.7 Å². The predicted octanol–water partition coefficient (Wildman–Crippen LogP) is 6.83. The highest BCUT2D eigenvalue weighted by molar-refractivity contribution is 6.31. The number of methoxy groups -OCH3 is 1. The Labute approximate surface area is 232 Å². The number of carbonyl (C=O) groups is 1. The third-order valence-electron chi connectivity index (χ3n) is 6.98. The Balaban J connectivity index is 0.000000278. The maximum absolute atomic E-state index is 11.8. The third kappa shape index (κ3) is 5.93. The van der Waals surface area contributed by atoms with E-state index in [2.05, 4.69) is 17.1 Å². The van der Waals surface area contributed by atoms with E-state index in [1.807, 2.05) is 47.4 Å². The fraction of sp³-hybridized carbons (Fsp3) is 0.300. The summed E-state index contributed by atoms with van der Waals surface area (Å²) >= 11 is 11.8. The number of aromatic amines is 1. The van der Waals surface area contributed by atoms with Gasteiger partial charge in [0.2, 0.25) is 6.41 Å². The number of aromatic nitrogens is 1. The van der Waals surface area contributed by atoms with E-state index in [1.54, 1.807) is 19.2 Å². The molecule has 1 N–H and O–H groups in total. The van der Waals surface area contributed by atoms with E-state index < -0.39 is 0 Å². The number of carbonyl (C=O) groups excluding carboxylic acids is 1. The summed E-state index contributed by atoms with van der Waals surface area (Å²) in [7, 11) is 1.63. The van der Waals surface area contributed by atoms with E-state index in [1.165, 1.54) is 5.56 Å². The molecule has 6 nitrogen and oxygen atoms in total. The molecule has 0 spiro atoms. The zero-order valence-corrected chi connectivity index (χ0v) is 22.7. The Morgan fingerprint density at radius 2 is 1.63 bits per heavy atom. The van der Waals surface area contributed by atoms with E-state index in [0.717, 1.165) is 82.6 Å². The van der Waals surface area contributed by atoms with Crippen molar-refractivity contribution < 1.29 is 19.0 Å². The van der Waals surface area contributed by atoms with Gasteiger partial charge in [0, 0.05) is 46.0 Å². The number of nitrogens with one attached hydrogen (secondary N) is 1. The van der Waals surface area contributed by atoms with Crippen LogP contribution < -0.4 is 9.47 Å². The van der Waals surface area contributed by atoms with E-state index in [-0.39, 0.29) is 12.1 Å². The van der Waals surface area contributed by atoms with Crippen molar-refractivity contribution in [3.8, 4) is 11.5 Å². The fourth-order valence-electron chi connectivity index (χ4n) is 5.04. The number of benzene rings is 3. The molecule has 0 radical (unpaired) electrons. The van der Waals surface area contributed by atoms with Crippen molar-refractivity contribution in [1.29, 1.82) is 0 Å². The van der Waals surface area contributed by atoms with Crippen molar-refractivity contribution in [3.05, 3.63) is 93.6 Å². The first-order valence-corrected chi connectivity index (χ1v) is 13.5. The van der Waals surface area contributed by atoms with Gasteiger partial charge in [-0.25, -0.2) is 0 Å². The van der Waals surface area contributed by atoms with Crippen LogP contribution in [0.2, 0.25) is 10.0 Å². The minimum atomic E-state index is -0.139. The Kier molecular flexibility index (Phi) is 8.42. The monoisotopic (exact) mass is 552 g/mol. The highest BCUT2D eigenvalue weighted by atomic mass is 35.5. The van der Waals surface area contributed by atoms with Crippen LogP contribution in [0, 0.1) is 0 Å². The second-order valence-corrected chi connectivity index (χ2v) is 10.2. The van der Waals surface area contributed by atoms with Gasteiger partial charge in [0.1, 0.15) is 17.6 Å². The number of amides is 1. The van der Waals surface area contributed by atoms with Gasteiger partial charge in [-0.15, -0.1) is 0 Å². The van der Waals surface area contributed by atoms with Gasteiger partial charge in [-0.1, -0.05) is 35.3 Å². The van der Waals surface area contributed by atoms with Gasteiger partial charge in [0.05, 0.1) is 26.4 Å². The molecule has 3 aromatic carbocycles. The number of hydrogen-bond donors (Lipinski definition) is 1. The van der Waals surface area contributed by atoms with Crippen LogP contribution in [-0.4, -0.2) is 49.3 Å². The Bertz CT molecular complexity index is 1370. The summed E-state index contributed by atoms with van der Waals surface area (Å²) in [4.78, 5) is 17.2. The lowest BCUT2D eigenvalue weighted by Gasteiger charge is -2.33. The van der Waals surface area contributed by atoms with Gasteiger partial charge in [-0.2, -0.15) is 0 Å². The van der Waals surface area contributed by atoms with Gasteiger partial charge in [-0.05, 0) is 72.1 Å². The van der Waals surface area contributed by atoms with Crippen LogP contribution in [0.3, 0.4) is 0 Å². The summed E-state index contributed by atoms with van der Waals surface area (Å²) in [5.74, 6) is 1.69. The average molecular weight is 553 g/mol. The van der Waals surface area contributed by atoms with Gasteiger partial charge < -0.3 is 24.1 Å². The Morgan fingerprint density at radius 3 is 2.32 bits per heavy atom. The number of halogens is 2. The van der Waals surface area contributed by atoms with Crippen molar-refractivity contribution in [2.75, 3.05) is 26.9 Å². The maximum atomic E-state index is 11.8. The predicted molar refractivity (Wildman–Crippen MR) is 151 cm³/mol. The average Bonchev–Trinajstić information content (AvgIpc) is 3.32. The smallest absolute Gasteiger partial charge is 0.210 e. The number of ether oxygens (including phenoxy) is 3. The van der Waals surface area contributed by atoms with E-state index >= 15 is 0 Å². The third-order valence-corrected chi connectivity index (χ3v) is 7.46. The molecule has 1 amide bonds. The molecular formula is C30H30Cl2N2O4. The van der Waals surface area contributed by atoms with Crippen molar-refractivity contribution in [2.24, 2.45) is 0 Å². The van der Waals surface area contributed by atoms with Crippen LogP contribution in [0.4, 0.5) is 0 Å². The summed E-state index contributed by atoms with van der Waals surface area (Å²) in [5.41, 5.74) is 4.43. The topological polar surface area (TPSA) is 63.8 Å². The second-order valence-electron chi connectivity index (χ2n) is 9.36. The number of fused-ring (bicyclic) bond motifs is 3. The van der Waals surface area contributed by atoms with E-state index in [0.29, 0.717) is 6.54 Å². The molecule has 1 atom stereocenters. The second kappa shape index (κ2) is 12.1. The summed E-state index contributed by atoms with van der Waals surface area (Å²) in [6.45, 7) is 2.19. The van der Waals surface area contributed by atoms with Gasteiger partial charge in [-0.3, -0.25) is 4.79 Å². The van der Waals surface area contributed by atoms with Crippen LogP contribution in [-0.2, 0) is 16.0 Å². The quantitative estimate of drug-likeness (QED) is 0.275. The summed E-state index contributed by atoms with van der Waals surface area (Å²) in [6.07, 6.45) is 3.81. The number of H-pyrrole nitrogens is 1. The molecule has 1 unspecified atom stereocenters. The lowest BCUT2D eigenvalue weighted by atomic mass is 9.93. The molecule has 1 saturated heterocycles. The van der Waals surface area contributed by atoms with E-state index in [9.17, 15) is 4.79 Å². The molecule has 198 valence electrons. The van der Waals surface area contributed by atoms with Crippen molar-refractivity contribution in [3.63, 3.8) is 0 Å². The van der Waals surface area contributed by atoms with E-state index in [4.69, 9.17) is 37.4 Å². The summed E-state index contributed by atoms with van der Waals surface area (Å²) < 4.78 is 16.4. The largest absolute Gasteiger partial charge is 0.497 e. The van der Waals surface area contributed by atoms with Crippen molar-refractivity contribution >= 4 is 40.5 Å². The Hall–Kier alpha value is -3.19. The highest BCUT2D eigenvalue weighted by Gasteiger charge is 2.31. The molecule has 3 heterocycles. The summed E-state index contributed by atoms with van der Waals surface area (Å²) in [6, 6.07) is 21.1.